The number of amides is 1. The van der Waals surface area contributed by atoms with Gasteiger partial charge in [-0.15, -0.1) is 0 Å². The van der Waals surface area contributed by atoms with Gasteiger partial charge in [0, 0.05) is 17.3 Å². The molecule has 0 bridgehead atoms. The second-order valence-electron chi connectivity index (χ2n) is 4.90. The van der Waals surface area contributed by atoms with E-state index in [2.05, 4.69) is 29.0 Å². The molecule has 0 aliphatic heterocycles. The van der Waals surface area contributed by atoms with Crippen LogP contribution in [0.4, 0.5) is 0 Å². The maximum Gasteiger partial charge on any atom is 0.270 e. The summed E-state index contributed by atoms with van der Waals surface area (Å²) in [6.07, 6.45) is 3.58. The quantitative estimate of drug-likeness (QED) is 0.802. The zero-order valence-corrected chi connectivity index (χ0v) is 13.3. The van der Waals surface area contributed by atoms with E-state index in [9.17, 15) is 4.79 Å². The highest BCUT2D eigenvalue weighted by atomic mass is 35.5. The van der Waals surface area contributed by atoms with E-state index in [0.717, 1.165) is 32.5 Å². The van der Waals surface area contributed by atoms with Gasteiger partial charge in [0.05, 0.1) is 0 Å². The highest BCUT2D eigenvalue weighted by Gasteiger charge is 2.11. The first-order valence-electron chi connectivity index (χ1n) is 7.21. The number of hydrogen-bond acceptors (Lipinski definition) is 3. The van der Waals surface area contributed by atoms with Crippen LogP contribution in [0.5, 0.6) is 0 Å². The maximum atomic E-state index is 12.0. The smallest absolute Gasteiger partial charge is 0.270 e. The summed E-state index contributed by atoms with van der Waals surface area (Å²) in [6.45, 7) is 9.57. The van der Waals surface area contributed by atoms with Gasteiger partial charge < -0.3 is 10.2 Å². The fourth-order valence-electron chi connectivity index (χ4n) is 2.06. The van der Waals surface area contributed by atoms with Crippen molar-refractivity contribution in [3.8, 4) is 0 Å². The number of pyridine rings is 1. The number of hydrogen-bond donors (Lipinski definition) is 1. The van der Waals surface area contributed by atoms with Gasteiger partial charge in [0.1, 0.15) is 5.69 Å². The number of halogens is 1. The Morgan fingerprint density at radius 2 is 2.15 bits per heavy atom. The molecule has 0 aliphatic rings. The Morgan fingerprint density at radius 1 is 1.45 bits per heavy atom. The SMILES string of the molecule is CCN(CC)CCCC(C)NC(=O)c1cc(Cl)ccn1. The molecule has 0 fully saturated rings. The van der Waals surface area contributed by atoms with Gasteiger partial charge in [-0.2, -0.15) is 0 Å². The molecular weight excluding hydrogens is 274 g/mol. The molecule has 0 spiro atoms. The van der Waals surface area contributed by atoms with E-state index in [1.807, 2.05) is 6.92 Å². The van der Waals surface area contributed by atoms with Crippen molar-refractivity contribution in [1.82, 2.24) is 15.2 Å². The van der Waals surface area contributed by atoms with Crippen LogP contribution in [0.3, 0.4) is 0 Å². The predicted octanol–water partition coefficient (Wildman–Crippen LogP) is 2.98. The summed E-state index contributed by atoms with van der Waals surface area (Å²) in [6, 6.07) is 3.38. The molecule has 1 rings (SSSR count). The lowest BCUT2D eigenvalue weighted by molar-refractivity contribution is 0.0932. The summed E-state index contributed by atoms with van der Waals surface area (Å²) in [5.41, 5.74) is 0.369. The van der Waals surface area contributed by atoms with Crippen molar-refractivity contribution < 1.29 is 4.79 Å². The monoisotopic (exact) mass is 297 g/mol. The number of aromatic nitrogens is 1. The Bertz CT molecular complexity index is 421. The van der Waals surface area contributed by atoms with Gasteiger partial charge in [0.2, 0.25) is 0 Å². The Balaban J connectivity index is 2.35. The van der Waals surface area contributed by atoms with Gasteiger partial charge in [-0.1, -0.05) is 25.4 Å². The summed E-state index contributed by atoms with van der Waals surface area (Å²) in [7, 11) is 0. The van der Waals surface area contributed by atoms with Crippen molar-refractivity contribution in [3.63, 3.8) is 0 Å². The second-order valence-corrected chi connectivity index (χ2v) is 5.34. The Hall–Kier alpha value is -1.13. The van der Waals surface area contributed by atoms with Crippen molar-refractivity contribution in [1.29, 1.82) is 0 Å². The molecule has 20 heavy (non-hydrogen) atoms. The van der Waals surface area contributed by atoms with Crippen LogP contribution in [0.15, 0.2) is 18.3 Å². The van der Waals surface area contributed by atoms with E-state index in [-0.39, 0.29) is 11.9 Å². The molecule has 0 radical (unpaired) electrons. The van der Waals surface area contributed by atoms with Crippen LogP contribution in [-0.2, 0) is 0 Å². The topological polar surface area (TPSA) is 45.2 Å². The first-order chi connectivity index (χ1) is 9.56. The van der Waals surface area contributed by atoms with Crippen LogP contribution >= 0.6 is 11.6 Å². The number of carbonyl (C=O) groups is 1. The van der Waals surface area contributed by atoms with Gasteiger partial charge >= 0.3 is 0 Å². The fourth-order valence-corrected chi connectivity index (χ4v) is 2.22. The van der Waals surface area contributed by atoms with Gasteiger partial charge in [-0.05, 0) is 51.5 Å². The van der Waals surface area contributed by atoms with Crippen molar-refractivity contribution in [2.45, 2.75) is 39.7 Å². The van der Waals surface area contributed by atoms with Crippen molar-refractivity contribution in [2.24, 2.45) is 0 Å². The van der Waals surface area contributed by atoms with Gasteiger partial charge in [0.15, 0.2) is 0 Å². The number of rotatable bonds is 8. The number of carbonyl (C=O) groups excluding carboxylic acids is 1. The molecule has 0 aromatic carbocycles. The summed E-state index contributed by atoms with van der Waals surface area (Å²) in [4.78, 5) is 18.4. The van der Waals surface area contributed by atoms with Crippen LogP contribution in [0.1, 0.15) is 44.1 Å². The maximum absolute atomic E-state index is 12.0. The van der Waals surface area contributed by atoms with Crippen LogP contribution < -0.4 is 5.32 Å². The van der Waals surface area contributed by atoms with Crippen molar-refractivity contribution in [3.05, 3.63) is 29.0 Å². The van der Waals surface area contributed by atoms with Crippen LogP contribution in [0, 0.1) is 0 Å². The fraction of sp³-hybridized carbons (Fsp3) is 0.600. The third-order valence-corrected chi connectivity index (χ3v) is 3.57. The minimum atomic E-state index is -0.164. The molecule has 1 unspecified atom stereocenters. The van der Waals surface area contributed by atoms with E-state index < -0.39 is 0 Å². The van der Waals surface area contributed by atoms with Crippen LogP contribution in [-0.4, -0.2) is 41.5 Å². The standard InChI is InChI=1S/C15H24ClN3O/c1-4-19(5-2)10-6-7-12(3)18-15(20)14-11-13(16)8-9-17-14/h8-9,11-12H,4-7,10H2,1-3H3,(H,18,20). The lowest BCUT2D eigenvalue weighted by Gasteiger charge is -2.19. The molecule has 1 atom stereocenters. The zero-order chi connectivity index (χ0) is 15.0. The zero-order valence-electron chi connectivity index (χ0n) is 12.5. The molecular formula is C15H24ClN3O. The van der Waals surface area contributed by atoms with E-state index in [1.54, 1.807) is 18.3 Å². The molecule has 1 N–H and O–H groups in total. The lowest BCUT2D eigenvalue weighted by Crippen LogP contribution is -2.34. The van der Waals surface area contributed by atoms with Crippen molar-refractivity contribution in [2.75, 3.05) is 19.6 Å². The van der Waals surface area contributed by atoms with Gasteiger partial charge in [-0.3, -0.25) is 9.78 Å². The molecule has 0 aliphatic carbocycles. The van der Waals surface area contributed by atoms with Gasteiger partial charge in [0.25, 0.3) is 5.91 Å². The number of nitrogens with zero attached hydrogens (tertiary/aromatic N) is 2. The third kappa shape index (κ3) is 5.88. The largest absolute Gasteiger partial charge is 0.348 e. The average molecular weight is 298 g/mol. The Morgan fingerprint density at radius 3 is 2.75 bits per heavy atom. The van der Waals surface area contributed by atoms with Crippen molar-refractivity contribution >= 4 is 17.5 Å². The lowest BCUT2D eigenvalue weighted by atomic mass is 10.1. The van der Waals surface area contributed by atoms with Gasteiger partial charge in [-0.25, -0.2) is 0 Å². The molecule has 1 heterocycles. The molecule has 1 aromatic heterocycles. The summed E-state index contributed by atoms with van der Waals surface area (Å²) in [5.74, 6) is -0.164. The minimum Gasteiger partial charge on any atom is -0.348 e. The van der Waals surface area contributed by atoms with E-state index in [4.69, 9.17) is 11.6 Å². The summed E-state index contributed by atoms with van der Waals surface area (Å²) >= 11 is 5.85. The first-order valence-corrected chi connectivity index (χ1v) is 7.59. The van der Waals surface area contributed by atoms with E-state index in [1.165, 1.54) is 0 Å². The highest BCUT2D eigenvalue weighted by Crippen LogP contribution is 2.08. The van der Waals surface area contributed by atoms with Crippen LogP contribution in [0.2, 0.25) is 5.02 Å². The highest BCUT2D eigenvalue weighted by molar-refractivity contribution is 6.30. The average Bonchev–Trinajstić information content (AvgIpc) is 2.43. The molecule has 0 saturated heterocycles. The molecule has 112 valence electrons. The first kappa shape index (κ1) is 16.9. The number of nitrogens with one attached hydrogen (secondary N) is 1. The molecule has 5 heteroatoms. The minimum absolute atomic E-state index is 0.138. The Kier molecular flexibility index (Phi) is 7.55. The summed E-state index contributed by atoms with van der Waals surface area (Å²) in [5, 5.41) is 3.48. The summed E-state index contributed by atoms with van der Waals surface area (Å²) < 4.78 is 0. The molecule has 1 aromatic rings. The molecule has 1 amide bonds. The molecule has 4 nitrogen and oxygen atoms in total. The second kappa shape index (κ2) is 8.93. The third-order valence-electron chi connectivity index (χ3n) is 3.34. The Labute approximate surface area is 126 Å². The normalized spacial score (nSPS) is 12.4. The predicted molar refractivity (Wildman–Crippen MR) is 83.2 cm³/mol. The molecule has 0 saturated carbocycles. The van der Waals surface area contributed by atoms with E-state index in [0.29, 0.717) is 10.7 Å². The van der Waals surface area contributed by atoms with Crippen LogP contribution in [0.25, 0.3) is 0 Å². The van der Waals surface area contributed by atoms with E-state index >= 15 is 0 Å².